The van der Waals surface area contributed by atoms with E-state index in [1.54, 1.807) is 30.6 Å². The fourth-order valence-corrected chi connectivity index (χ4v) is 1.74. The van der Waals surface area contributed by atoms with Gasteiger partial charge in [-0.25, -0.2) is 4.98 Å². The van der Waals surface area contributed by atoms with E-state index < -0.39 is 5.91 Å². The van der Waals surface area contributed by atoms with E-state index in [-0.39, 0.29) is 0 Å². The molecule has 0 aliphatic rings. The Kier molecular flexibility index (Phi) is 8.49. The molecule has 0 saturated carbocycles. The third kappa shape index (κ3) is 7.34. The highest BCUT2D eigenvalue weighted by Gasteiger charge is 2.05. The normalized spacial score (nSPS) is 9.40. The molecule has 0 radical (unpaired) electrons. The summed E-state index contributed by atoms with van der Waals surface area (Å²) in [5.74, 6) is 0.210. The minimum atomic E-state index is -0.501. The molecule has 2 rings (SSSR count). The summed E-state index contributed by atoms with van der Waals surface area (Å²) < 4.78 is 0. The van der Waals surface area contributed by atoms with Gasteiger partial charge in [-0.2, -0.15) is 0 Å². The van der Waals surface area contributed by atoms with Crippen LogP contribution in [0.15, 0.2) is 42.2 Å². The van der Waals surface area contributed by atoms with Crippen LogP contribution in [0.25, 0.3) is 0 Å². The molecule has 2 aromatic rings. The highest BCUT2D eigenvalue weighted by atomic mass is 16.1. The van der Waals surface area contributed by atoms with E-state index in [0.717, 1.165) is 5.69 Å². The van der Waals surface area contributed by atoms with Gasteiger partial charge in [0, 0.05) is 48.5 Å². The second kappa shape index (κ2) is 10.6. The molecule has 0 bridgehead atoms. The van der Waals surface area contributed by atoms with Gasteiger partial charge in [0.2, 0.25) is 5.91 Å². The first-order chi connectivity index (χ1) is 12.0. The zero-order chi connectivity index (χ0) is 18.7. The Morgan fingerprint density at radius 2 is 2.00 bits per heavy atom. The fraction of sp³-hybridized carbons (Fsp3) is 0.278. The number of aromatic nitrogens is 2. The number of rotatable bonds is 7. The van der Waals surface area contributed by atoms with Crippen LogP contribution in [0.1, 0.15) is 36.7 Å². The van der Waals surface area contributed by atoms with Gasteiger partial charge in [0.15, 0.2) is 5.95 Å². The average molecular weight is 342 g/mol. The standard InChI is InChI=1S/C13H16N6O.C5H10/c14-8-10-7-9(12(15)20)1-2-11(10)16-3-4-17-13-18-5-6-19-13;1-4-5(2)3/h1-2,5-8,14,16H,3-4H2,(H2,15,20)(H2,17,18,19);4H,1-3H3. The summed E-state index contributed by atoms with van der Waals surface area (Å²) in [6.45, 7) is 7.52. The van der Waals surface area contributed by atoms with Gasteiger partial charge in [-0.05, 0) is 39.0 Å². The van der Waals surface area contributed by atoms with E-state index in [2.05, 4.69) is 40.5 Å². The first-order valence-electron chi connectivity index (χ1n) is 7.99. The van der Waals surface area contributed by atoms with E-state index in [0.29, 0.717) is 30.2 Å². The van der Waals surface area contributed by atoms with Gasteiger partial charge < -0.3 is 26.8 Å². The molecule has 0 atom stereocenters. The summed E-state index contributed by atoms with van der Waals surface area (Å²) in [6, 6.07) is 4.97. The van der Waals surface area contributed by atoms with Crippen molar-refractivity contribution in [3.8, 4) is 0 Å². The summed E-state index contributed by atoms with van der Waals surface area (Å²) in [6.07, 6.45) is 6.69. The number of carbonyl (C=O) groups is 1. The van der Waals surface area contributed by atoms with Crippen molar-refractivity contribution < 1.29 is 4.79 Å². The monoisotopic (exact) mass is 342 g/mol. The highest BCUT2D eigenvalue weighted by Crippen LogP contribution is 2.15. The second-order valence-corrected chi connectivity index (χ2v) is 5.47. The van der Waals surface area contributed by atoms with Gasteiger partial charge in [-0.1, -0.05) is 11.6 Å². The molecular weight excluding hydrogens is 316 g/mol. The van der Waals surface area contributed by atoms with Gasteiger partial charge in [-0.15, -0.1) is 0 Å². The molecular formula is C18H26N6O. The Labute approximate surface area is 148 Å². The maximum Gasteiger partial charge on any atom is 0.248 e. The Hall–Kier alpha value is -3.09. The maximum atomic E-state index is 11.1. The van der Waals surface area contributed by atoms with Crippen molar-refractivity contribution in [2.75, 3.05) is 23.7 Å². The number of hydrogen-bond donors (Lipinski definition) is 5. The first kappa shape index (κ1) is 20.0. The number of anilines is 2. The molecule has 6 N–H and O–H groups in total. The molecule has 1 amide bonds. The van der Waals surface area contributed by atoms with Crippen LogP contribution >= 0.6 is 0 Å². The molecule has 0 unspecified atom stereocenters. The maximum absolute atomic E-state index is 11.1. The molecule has 0 spiro atoms. The smallest absolute Gasteiger partial charge is 0.248 e. The number of hydrogen-bond acceptors (Lipinski definition) is 5. The summed E-state index contributed by atoms with van der Waals surface area (Å²) in [4.78, 5) is 18.1. The predicted molar refractivity (Wildman–Crippen MR) is 104 cm³/mol. The number of aromatic amines is 1. The minimum Gasteiger partial charge on any atom is -0.383 e. The lowest BCUT2D eigenvalue weighted by Gasteiger charge is -2.10. The largest absolute Gasteiger partial charge is 0.383 e. The Bertz CT molecular complexity index is 702. The van der Waals surface area contributed by atoms with Crippen LogP contribution in [0.5, 0.6) is 0 Å². The van der Waals surface area contributed by atoms with E-state index in [4.69, 9.17) is 11.1 Å². The number of nitrogens with zero attached hydrogens (tertiary/aromatic N) is 1. The van der Waals surface area contributed by atoms with Crippen molar-refractivity contribution in [1.82, 2.24) is 9.97 Å². The predicted octanol–water partition coefficient (Wildman–Crippen LogP) is 3.00. The number of amides is 1. The molecule has 1 aromatic carbocycles. The summed E-state index contributed by atoms with van der Waals surface area (Å²) in [7, 11) is 0. The van der Waals surface area contributed by atoms with Crippen LogP contribution in [-0.2, 0) is 0 Å². The first-order valence-corrected chi connectivity index (χ1v) is 7.99. The lowest BCUT2D eigenvalue weighted by atomic mass is 10.1. The van der Waals surface area contributed by atoms with Crippen molar-refractivity contribution >= 4 is 23.8 Å². The summed E-state index contributed by atoms with van der Waals surface area (Å²) in [5, 5.41) is 13.7. The van der Waals surface area contributed by atoms with Gasteiger partial charge in [0.25, 0.3) is 0 Å². The van der Waals surface area contributed by atoms with Gasteiger partial charge in [-0.3, -0.25) is 4.79 Å². The van der Waals surface area contributed by atoms with E-state index in [9.17, 15) is 4.79 Å². The Morgan fingerprint density at radius 1 is 1.32 bits per heavy atom. The molecule has 0 aliphatic heterocycles. The summed E-state index contributed by atoms with van der Waals surface area (Å²) >= 11 is 0. The molecule has 7 nitrogen and oxygen atoms in total. The van der Waals surface area contributed by atoms with Crippen molar-refractivity contribution in [2.45, 2.75) is 20.8 Å². The molecule has 1 heterocycles. The molecule has 0 fully saturated rings. The Balaban J connectivity index is 0.000000550. The van der Waals surface area contributed by atoms with Crippen molar-refractivity contribution in [1.29, 1.82) is 5.41 Å². The highest BCUT2D eigenvalue weighted by molar-refractivity contribution is 5.96. The van der Waals surface area contributed by atoms with Crippen molar-refractivity contribution in [2.24, 2.45) is 5.73 Å². The third-order valence-corrected chi connectivity index (χ3v) is 3.30. The lowest BCUT2D eigenvalue weighted by molar-refractivity contribution is 0.100. The van der Waals surface area contributed by atoms with Crippen LogP contribution in [0.3, 0.4) is 0 Å². The number of nitrogens with two attached hydrogens (primary N) is 1. The molecule has 1 aromatic heterocycles. The lowest BCUT2D eigenvalue weighted by Crippen LogP contribution is -2.16. The van der Waals surface area contributed by atoms with Gasteiger partial charge in [0.1, 0.15) is 0 Å². The second-order valence-electron chi connectivity index (χ2n) is 5.47. The average Bonchev–Trinajstić information content (AvgIpc) is 3.12. The molecule has 0 saturated heterocycles. The van der Waals surface area contributed by atoms with Gasteiger partial charge in [0.05, 0.1) is 0 Å². The van der Waals surface area contributed by atoms with E-state index >= 15 is 0 Å². The Morgan fingerprint density at radius 3 is 2.52 bits per heavy atom. The number of primary amides is 1. The van der Waals surface area contributed by atoms with E-state index in [1.807, 2.05) is 6.92 Å². The zero-order valence-corrected chi connectivity index (χ0v) is 14.9. The third-order valence-electron chi connectivity index (χ3n) is 3.30. The number of benzene rings is 1. The van der Waals surface area contributed by atoms with Crippen LogP contribution in [0, 0.1) is 5.41 Å². The number of nitrogens with one attached hydrogen (secondary N) is 4. The minimum absolute atomic E-state index is 0.391. The van der Waals surface area contributed by atoms with Crippen molar-refractivity contribution in [3.05, 3.63) is 53.4 Å². The van der Waals surface area contributed by atoms with Crippen LogP contribution < -0.4 is 16.4 Å². The molecule has 134 valence electrons. The number of carbonyl (C=O) groups excluding carboxylic acids is 1. The zero-order valence-electron chi connectivity index (χ0n) is 14.9. The SMILES string of the molecule is CC=C(C)C.N=Cc1cc(C(N)=O)ccc1NCCNc1ncc[nH]1. The fourth-order valence-electron chi connectivity index (χ4n) is 1.74. The number of allylic oxidation sites excluding steroid dienone is 2. The van der Waals surface area contributed by atoms with E-state index in [1.165, 1.54) is 11.8 Å². The summed E-state index contributed by atoms with van der Waals surface area (Å²) in [5.41, 5.74) is 8.39. The van der Waals surface area contributed by atoms with Crippen molar-refractivity contribution in [3.63, 3.8) is 0 Å². The van der Waals surface area contributed by atoms with Crippen LogP contribution in [-0.4, -0.2) is 35.2 Å². The molecule has 25 heavy (non-hydrogen) atoms. The number of H-pyrrole nitrogens is 1. The molecule has 0 aliphatic carbocycles. The van der Waals surface area contributed by atoms with Gasteiger partial charge >= 0.3 is 0 Å². The number of imidazole rings is 1. The van der Waals surface area contributed by atoms with Crippen LogP contribution in [0.2, 0.25) is 0 Å². The van der Waals surface area contributed by atoms with Crippen LogP contribution in [0.4, 0.5) is 11.6 Å². The topological polar surface area (TPSA) is 120 Å². The quantitative estimate of drug-likeness (QED) is 0.302. The molecule has 7 heteroatoms.